The average molecular weight is 569 g/mol. The lowest BCUT2D eigenvalue weighted by Gasteiger charge is -2.06. The van der Waals surface area contributed by atoms with Gasteiger partial charge in [-0.1, -0.05) is 141 Å². The van der Waals surface area contributed by atoms with Crippen molar-refractivity contribution in [2.45, 2.75) is 19.8 Å². The second-order valence-corrected chi connectivity index (χ2v) is 10.2. The summed E-state index contributed by atoms with van der Waals surface area (Å²) in [6, 6.07) is 47.1. The van der Waals surface area contributed by atoms with E-state index in [1.165, 1.54) is 16.7 Å². The number of para-hydroxylation sites is 4. The molecule has 0 saturated carbocycles. The first-order chi connectivity index (χ1) is 20.8. The summed E-state index contributed by atoms with van der Waals surface area (Å²) in [6.45, 7) is 4.44. The standard InChI is InChI=1S/C15H16.2C12H10O2/c1-12(2)13-8-10-15(11-9-13)14-6-4-3-5-7-14;2*13-11-7-3-1-5-9(11)10-6-2-4-8-12(10)14/h3-12H,1-2H3;2*1-8,13-14H. The van der Waals surface area contributed by atoms with Gasteiger partial charge in [0, 0.05) is 22.3 Å². The van der Waals surface area contributed by atoms with Crippen molar-refractivity contribution in [3.8, 4) is 56.4 Å². The van der Waals surface area contributed by atoms with Gasteiger partial charge in [-0.15, -0.1) is 0 Å². The Hall–Kier alpha value is -5.48. The van der Waals surface area contributed by atoms with E-state index >= 15 is 0 Å². The molecule has 0 unspecified atom stereocenters. The fourth-order valence-corrected chi connectivity index (χ4v) is 4.50. The van der Waals surface area contributed by atoms with Crippen LogP contribution in [-0.4, -0.2) is 20.4 Å². The van der Waals surface area contributed by atoms with E-state index in [9.17, 15) is 20.4 Å². The monoisotopic (exact) mass is 568 g/mol. The van der Waals surface area contributed by atoms with Gasteiger partial charge in [-0.3, -0.25) is 0 Å². The molecule has 6 aromatic rings. The number of phenolic OH excluding ortho intramolecular Hbond substituents is 4. The maximum Gasteiger partial charge on any atom is 0.123 e. The molecule has 4 nitrogen and oxygen atoms in total. The third-order valence-electron chi connectivity index (χ3n) is 6.88. The van der Waals surface area contributed by atoms with E-state index in [-0.39, 0.29) is 23.0 Å². The van der Waals surface area contributed by atoms with Gasteiger partial charge in [0.2, 0.25) is 0 Å². The van der Waals surface area contributed by atoms with Crippen LogP contribution in [0.15, 0.2) is 152 Å². The van der Waals surface area contributed by atoms with Crippen LogP contribution < -0.4 is 0 Å². The van der Waals surface area contributed by atoms with Gasteiger partial charge in [0.25, 0.3) is 0 Å². The SMILES string of the molecule is CC(C)c1ccc(-c2ccccc2)cc1.Oc1ccccc1-c1ccccc1O.Oc1ccccc1-c1ccccc1O. The zero-order valence-electron chi connectivity index (χ0n) is 24.3. The van der Waals surface area contributed by atoms with E-state index < -0.39 is 0 Å². The van der Waals surface area contributed by atoms with E-state index in [2.05, 4.69) is 62.4 Å². The highest BCUT2D eigenvalue weighted by Crippen LogP contribution is 2.35. The zero-order valence-corrected chi connectivity index (χ0v) is 24.3. The average Bonchev–Trinajstić information content (AvgIpc) is 3.04. The summed E-state index contributed by atoms with van der Waals surface area (Å²) < 4.78 is 0. The van der Waals surface area contributed by atoms with Crippen molar-refractivity contribution in [3.05, 3.63) is 157 Å². The molecule has 43 heavy (non-hydrogen) atoms. The number of phenols is 4. The van der Waals surface area contributed by atoms with Crippen LogP contribution in [0.1, 0.15) is 25.3 Å². The largest absolute Gasteiger partial charge is 0.507 e. The summed E-state index contributed by atoms with van der Waals surface area (Å²) in [4.78, 5) is 0. The van der Waals surface area contributed by atoms with E-state index in [1.807, 2.05) is 30.3 Å². The van der Waals surface area contributed by atoms with Crippen molar-refractivity contribution in [1.29, 1.82) is 0 Å². The lowest BCUT2D eigenvalue weighted by molar-refractivity contribution is 0.469. The maximum absolute atomic E-state index is 9.58. The summed E-state index contributed by atoms with van der Waals surface area (Å²) in [5, 5.41) is 38.3. The van der Waals surface area contributed by atoms with Crippen molar-refractivity contribution >= 4 is 0 Å². The molecule has 0 aliphatic heterocycles. The fourth-order valence-electron chi connectivity index (χ4n) is 4.50. The number of hydrogen-bond acceptors (Lipinski definition) is 4. The van der Waals surface area contributed by atoms with Gasteiger partial charge in [0.1, 0.15) is 23.0 Å². The molecule has 0 spiro atoms. The van der Waals surface area contributed by atoms with Crippen molar-refractivity contribution in [2.75, 3.05) is 0 Å². The van der Waals surface area contributed by atoms with Crippen LogP contribution in [0.2, 0.25) is 0 Å². The lowest BCUT2D eigenvalue weighted by atomic mass is 9.99. The first kappa shape index (κ1) is 30.5. The third-order valence-corrected chi connectivity index (χ3v) is 6.88. The Morgan fingerprint density at radius 1 is 0.326 bits per heavy atom. The topological polar surface area (TPSA) is 80.9 Å². The molecule has 0 aliphatic carbocycles. The van der Waals surface area contributed by atoms with Gasteiger partial charge in [0.05, 0.1) is 0 Å². The minimum atomic E-state index is 0.175. The summed E-state index contributed by atoms with van der Waals surface area (Å²) in [5.74, 6) is 1.31. The Bertz CT molecular complexity index is 1550. The molecule has 4 N–H and O–H groups in total. The summed E-state index contributed by atoms with van der Waals surface area (Å²) in [7, 11) is 0. The predicted molar refractivity (Wildman–Crippen MR) is 176 cm³/mol. The van der Waals surface area contributed by atoms with E-state index in [0.717, 1.165) is 0 Å². The molecule has 0 radical (unpaired) electrons. The van der Waals surface area contributed by atoms with Gasteiger partial charge >= 0.3 is 0 Å². The van der Waals surface area contributed by atoms with Crippen LogP contribution in [0.5, 0.6) is 23.0 Å². The number of aromatic hydroxyl groups is 4. The second-order valence-electron chi connectivity index (χ2n) is 10.2. The van der Waals surface area contributed by atoms with Crippen molar-refractivity contribution in [3.63, 3.8) is 0 Å². The van der Waals surface area contributed by atoms with Crippen LogP contribution in [-0.2, 0) is 0 Å². The summed E-state index contributed by atoms with van der Waals surface area (Å²) >= 11 is 0. The zero-order chi connectivity index (χ0) is 30.6. The first-order valence-electron chi connectivity index (χ1n) is 14.1. The molecule has 0 aromatic heterocycles. The molecule has 0 saturated heterocycles. The number of benzene rings is 6. The molecule has 0 bridgehead atoms. The Labute approximate surface area is 253 Å². The van der Waals surface area contributed by atoms with Gasteiger partial charge in [-0.05, 0) is 46.9 Å². The Balaban J connectivity index is 0.000000148. The molecule has 216 valence electrons. The molecule has 6 rings (SSSR count). The van der Waals surface area contributed by atoms with Crippen LogP contribution in [0.25, 0.3) is 33.4 Å². The summed E-state index contributed by atoms with van der Waals surface area (Å²) in [6.07, 6.45) is 0. The highest BCUT2D eigenvalue weighted by Gasteiger charge is 2.07. The lowest BCUT2D eigenvalue weighted by Crippen LogP contribution is -1.86. The number of rotatable bonds is 4. The molecule has 0 fully saturated rings. The molecule has 0 amide bonds. The Morgan fingerprint density at radius 3 is 0.907 bits per heavy atom. The molecule has 0 aliphatic rings. The third kappa shape index (κ3) is 8.27. The summed E-state index contributed by atoms with van der Waals surface area (Å²) in [5.41, 5.74) is 6.55. The quantitative estimate of drug-likeness (QED) is 0.171. The molecule has 0 heterocycles. The minimum absolute atomic E-state index is 0.175. The molecule has 4 heteroatoms. The Kier molecular flexibility index (Phi) is 10.6. The van der Waals surface area contributed by atoms with Crippen LogP contribution in [0, 0.1) is 0 Å². The van der Waals surface area contributed by atoms with Gasteiger partial charge in [-0.2, -0.15) is 0 Å². The van der Waals surface area contributed by atoms with Gasteiger partial charge in [0.15, 0.2) is 0 Å². The van der Waals surface area contributed by atoms with Crippen molar-refractivity contribution in [2.24, 2.45) is 0 Å². The van der Waals surface area contributed by atoms with E-state index in [0.29, 0.717) is 28.2 Å². The Morgan fingerprint density at radius 2 is 0.605 bits per heavy atom. The van der Waals surface area contributed by atoms with Crippen molar-refractivity contribution < 1.29 is 20.4 Å². The molecule has 0 atom stereocenters. The van der Waals surface area contributed by atoms with E-state index in [1.54, 1.807) is 72.8 Å². The molecular weight excluding hydrogens is 532 g/mol. The van der Waals surface area contributed by atoms with Crippen LogP contribution in [0.4, 0.5) is 0 Å². The van der Waals surface area contributed by atoms with Gasteiger partial charge in [-0.25, -0.2) is 0 Å². The second kappa shape index (κ2) is 14.9. The van der Waals surface area contributed by atoms with Crippen LogP contribution in [0.3, 0.4) is 0 Å². The fraction of sp³-hybridized carbons (Fsp3) is 0.0769. The van der Waals surface area contributed by atoms with Gasteiger partial charge < -0.3 is 20.4 Å². The normalized spacial score (nSPS) is 10.2. The maximum atomic E-state index is 9.58. The highest BCUT2D eigenvalue weighted by atomic mass is 16.3. The van der Waals surface area contributed by atoms with Crippen molar-refractivity contribution in [1.82, 2.24) is 0 Å². The van der Waals surface area contributed by atoms with E-state index in [4.69, 9.17) is 0 Å². The minimum Gasteiger partial charge on any atom is -0.507 e. The van der Waals surface area contributed by atoms with Crippen LogP contribution >= 0.6 is 0 Å². The molecular formula is C39H36O4. The smallest absolute Gasteiger partial charge is 0.123 e. The molecule has 6 aromatic carbocycles. The predicted octanol–water partition coefficient (Wildman–Crippen LogP) is 10.0. The first-order valence-corrected chi connectivity index (χ1v) is 14.1. The highest BCUT2D eigenvalue weighted by molar-refractivity contribution is 5.75. The number of hydrogen-bond donors (Lipinski definition) is 4.